The van der Waals surface area contributed by atoms with Gasteiger partial charge in [-0.3, -0.25) is 4.79 Å². The van der Waals surface area contributed by atoms with Crippen molar-refractivity contribution in [1.82, 2.24) is 4.90 Å². The smallest absolute Gasteiger partial charge is 0.406 e. The van der Waals surface area contributed by atoms with Crippen LogP contribution in [0.25, 0.3) is 0 Å². The summed E-state index contributed by atoms with van der Waals surface area (Å²) >= 11 is 0. The van der Waals surface area contributed by atoms with E-state index in [0.717, 1.165) is 10.6 Å². The quantitative estimate of drug-likeness (QED) is 0.817. The van der Waals surface area contributed by atoms with Crippen LogP contribution in [-0.4, -0.2) is 37.1 Å². The van der Waals surface area contributed by atoms with Crippen molar-refractivity contribution < 1.29 is 22.4 Å². The van der Waals surface area contributed by atoms with Gasteiger partial charge in [0.25, 0.3) is 0 Å². The first-order valence-corrected chi connectivity index (χ1v) is 6.98. The fourth-order valence-corrected chi connectivity index (χ4v) is 2.12. The highest BCUT2D eigenvalue weighted by Gasteiger charge is 2.33. The fourth-order valence-electron chi connectivity index (χ4n) is 2.12. The van der Waals surface area contributed by atoms with E-state index in [0.29, 0.717) is 5.76 Å². The van der Waals surface area contributed by atoms with Gasteiger partial charge in [-0.15, -0.1) is 0 Å². The molecule has 23 heavy (non-hydrogen) atoms. The molecule has 0 atom stereocenters. The van der Waals surface area contributed by atoms with Crippen molar-refractivity contribution in [3.8, 4) is 0 Å². The molecule has 1 aromatic heterocycles. The van der Waals surface area contributed by atoms with Gasteiger partial charge in [0.05, 0.1) is 19.4 Å². The van der Waals surface area contributed by atoms with Crippen molar-refractivity contribution >= 4 is 11.6 Å². The molecule has 2 rings (SSSR count). The third-order valence-corrected chi connectivity index (χ3v) is 3.22. The topological polar surface area (TPSA) is 36.7 Å². The standard InChI is InChI=1S/C16H17F3N2O2/c1-20(13-6-3-2-4-7-13)11-15(22)21(12-16(17,18)19)10-14-8-5-9-23-14/h2-9H,10-12H2,1H3. The molecule has 2 aromatic rings. The minimum atomic E-state index is -4.46. The summed E-state index contributed by atoms with van der Waals surface area (Å²) in [7, 11) is 1.66. The number of anilines is 1. The van der Waals surface area contributed by atoms with E-state index in [1.54, 1.807) is 42.3 Å². The van der Waals surface area contributed by atoms with Crippen LogP contribution in [-0.2, 0) is 11.3 Å². The highest BCUT2D eigenvalue weighted by Crippen LogP contribution is 2.19. The molecule has 124 valence electrons. The van der Waals surface area contributed by atoms with Crippen molar-refractivity contribution in [2.24, 2.45) is 0 Å². The summed E-state index contributed by atoms with van der Waals surface area (Å²) in [5.41, 5.74) is 0.755. The molecule has 0 saturated heterocycles. The second-order valence-electron chi connectivity index (χ2n) is 5.14. The van der Waals surface area contributed by atoms with Gasteiger partial charge in [0.2, 0.25) is 5.91 Å². The molecule has 0 aliphatic carbocycles. The van der Waals surface area contributed by atoms with Crippen molar-refractivity contribution in [2.45, 2.75) is 12.7 Å². The van der Waals surface area contributed by atoms with E-state index in [1.807, 2.05) is 6.07 Å². The number of para-hydroxylation sites is 1. The maximum absolute atomic E-state index is 12.7. The highest BCUT2D eigenvalue weighted by molar-refractivity contribution is 5.81. The molecule has 0 aliphatic heterocycles. The van der Waals surface area contributed by atoms with Crippen LogP contribution in [0, 0.1) is 0 Å². The van der Waals surface area contributed by atoms with Gasteiger partial charge in [0, 0.05) is 12.7 Å². The number of hydrogen-bond donors (Lipinski definition) is 0. The van der Waals surface area contributed by atoms with Gasteiger partial charge in [-0.1, -0.05) is 18.2 Å². The Morgan fingerprint density at radius 3 is 2.39 bits per heavy atom. The average molecular weight is 326 g/mol. The largest absolute Gasteiger partial charge is 0.467 e. The lowest BCUT2D eigenvalue weighted by Crippen LogP contribution is -2.43. The Morgan fingerprint density at radius 1 is 1.13 bits per heavy atom. The van der Waals surface area contributed by atoms with Crippen LogP contribution < -0.4 is 4.90 Å². The lowest BCUT2D eigenvalue weighted by atomic mass is 10.3. The lowest BCUT2D eigenvalue weighted by molar-refractivity contribution is -0.161. The van der Waals surface area contributed by atoms with E-state index >= 15 is 0 Å². The molecule has 7 heteroatoms. The van der Waals surface area contributed by atoms with Gasteiger partial charge >= 0.3 is 6.18 Å². The van der Waals surface area contributed by atoms with E-state index in [1.165, 1.54) is 12.3 Å². The first-order valence-electron chi connectivity index (χ1n) is 6.98. The predicted molar refractivity (Wildman–Crippen MR) is 79.9 cm³/mol. The minimum Gasteiger partial charge on any atom is -0.467 e. The number of benzene rings is 1. The Labute approximate surface area is 132 Å². The Bertz CT molecular complexity index is 612. The molecule has 0 radical (unpaired) electrons. The number of furan rings is 1. The Kier molecular flexibility index (Phi) is 5.31. The van der Waals surface area contributed by atoms with Crippen LogP contribution in [0.2, 0.25) is 0 Å². The summed E-state index contributed by atoms with van der Waals surface area (Å²) in [6.07, 6.45) is -3.10. The van der Waals surface area contributed by atoms with Gasteiger partial charge < -0.3 is 14.2 Å². The lowest BCUT2D eigenvalue weighted by Gasteiger charge is -2.26. The van der Waals surface area contributed by atoms with Gasteiger partial charge in [-0.2, -0.15) is 13.2 Å². The van der Waals surface area contributed by atoms with E-state index in [9.17, 15) is 18.0 Å². The maximum atomic E-state index is 12.7. The molecule has 1 aromatic carbocycles. The molecule has 0 spiro atoms. The van der Waals surface area contributed by atoms with Crippen LogP contribution in [0.5, 0.6) is 0 Å². The number of halogens is 3. The third kappa shape index (κ3) is 5.36. The first kappa shape index (κ1) is 16.9. The van der Waals surface area contributed by atoms with Crippen LogP contribution >= 0.6 is 0 Å². The molecule has 0 aliphatic rings. The summed E-state index contributed by atoms with van der Waals surface area (Å²) in [5, 5.41) is 0. The number of carbonyl (C=O) groups is 1. The number of carbonyl (C=O) groups excluding carboxylic acids is 1. The number of likely N-dealkylation sites (N-methyl/N-ethyl adjacent to an activating group) is 1. The zero-order valence-corrected chi connectivity index (χ0v) is 12.6. The minimum absolute atomic E-state index is 0.152. The normalized spacial score (nSPS) is 11.3. The summed E-state index contributed by atoms with van der Waals surface area (Å²) in [6, 6.07) is 12.1. The SMILES string of the molecule is CN(CC(=O)N(Cc1ccco1)CC(F)(F)F)c1ccccc1. The predicted octanol–water partition coefficient (Wildman–Crippen LogP) is 3.31. The van der Waals surface area contributed by atoms with Crippen molar-refractivity contribution in [3.63, 3.8) is 0 Å². The molecule has 0 N–H and O–H groups in total. The zero-order chi connectivity index (χ0) is 16.9. The number of nitrogens with zero attached hydrogens (tertiary/aromatic N) is 2. The van der Waals surface area contributed by atoms with Gasteiger partial charge in [-0.25, -0.2) is 0 Å². The number of alkyl halides is 3. The second kappa shape index (κ2) is 7.21. The molecule has 4 nitrogen and oxygen atoms in total. The molecular weight excluding hydrogens is 309 g/mol. The van der Waals surface area contributed by atoms with Crippen LogP contribution in [0.3, 0.4) is 0 Å². The summed E-state index contributed by atoms with van der Waals surface area (Å²) < 4.78 is 43.2. The molecular formula is C16H17F3N2O2. The van der Waals surface area contributed by atoms with Crippen molar-refractivity contribution in [1.29, 1.82) is 0 Å². The van der Waals surface area contributed by atoms with Gasteiger partial charge in [0.1, 0.15) is 12.3 Å². The summed E-state index contributed by atoms with van der Waals surface area (Å²) in [4.78, 5) is 14.6. The maximum Gasteiger partial charge on any atom is 0.406 e. The van der Waals surface area contributed by atoms with Crippen molar-refractivity contribution in [2.75, 3.05) is 25.0 Å². The monoisotopic (exact) mass is 326 g/mol. The van der Waals surface area contributed by atoms with Crippen LogP contribution in [0.4, 0.5) is 18.9 Å². The Balaban J connectivity index is 2.06. The van der Waals surface area contributed by atoms with Crippen LogP contribution in [0.15, 0.2) is 53.1 Å². The Morgan fingerprint density at radius 2 is 1.83 bits per heavy atom. The first-order chi connectivity index (χ1) is 10.8. The molecule has 1 amide bonds. The molecule has 0 unspecified atom stereocenters. The van der Waals surface area contributed by atoms with E-state index in [4.69, 9.17) is 4.42 Å². The third-order valence-electron chi connectivity index (χ3n) is 3.22. The van der Waals surface area contributed by atoms with Gasteiger partial charge in [0.15, 0.2) is 0 Å². The number of rotatable bonds is 6. The molecule has 0 saturated carbocycles. The number of amides is 1. The average Bonchev–Trinajstić information content (AvgIpc) is 2.99. The molecule has 1 heterocycles. The highest BCUT2D eigenvalue weighted by atomic mass is 19.4. The summed E-state index contributed by atoms with van der Waals surface area (Å²) in [5.74, 6) is -0.310. The van der Waals surface area contributed by atoms with Crippen molar-refractivity contribution in [3.05, 3.63) is 54.5 Å². The molecule has 0 bridgehead atoms. The number of hydrogen-bond acceptors (Lipinski definition) is 3. The van der Waals surface area contributed by atoms with E-state index < -0.39 is 18.6 Å². The van der Waals surface area contributed by atoms with E-state index in [-0.39, 0.29) is 13.1 Å². The summed E-state index contributed by atoms with van der Waals surface area (Å²) in [6.45, 7) is -1.68. The van der Waals surface area contributed by atoms with Crippen LogP contribution in [0.1, 0.15) is 5.76 Å². The fraction of sp³-hybridized carbons (Fsp3) is 0.312. The second-order valence-corrected chi connectivity index (χ2v) is 5.14. The Hall–Kier alpha value is -2.44. The zero-order valence-electron chi connectivity index (χ0n) is 12.6. The molecule has 0 fully saturated rings. The van der Waals surface area contributed by atoms with E-state index in [2.05, 4.69) is 0 Å². The van der Waals surface area contributed by atoms with Gasteiger partial charge in [-0.05, 0) is 24.3 Å².